The quantitative estimate of drug-likeness (QED) is 0.679. The first-order valence-electron chi connectivity index (χ1n) is 3.98. The monoisotopic (exact) mass is 166 g/mol. The van der Waals surface area contributed by atoms with Crippen molar-refractivity contribution in [2.75, 3.05) is 18.9 Å². The first-order valence-corrected chi connectivity index (χ1v) is 3.98. The summed E-state index contributed by atoms with van der Waals surface area (Å²) in [6.45, 7) is 2.50. The minimum Gasteiger partial charge on any atom is -0.373 e. The van der Waals surface area contributed by atoms with E-state index in [1.807, 2.05) is 20.0 Å². The summed E-state index contributed by atoms with van der Waals surface area (Å²) >= 11 is 0. The van der Waals surface area contributed by atoms with Crippen molar-refractivity contribution in [1.82, 2.24) is 9.97 Å². The van der Waals surface area contributed by atoms with E-state index in [9.17, 15) is 0 Å². The Kier molecular flexibility index (Phi) is 2.99. The Labute approximate surface area is 72.2 Å². The lowest BCUT2D eigenvalue weighted by Crippen LogP contribution is -2.07. The van der Waals surface area contributed by atoms with Crippen LogP contribution in [0, 0.1) is 6.92 Å². The third-order valence-corrected chi connectivity index (χ3v) is 1.55. The number of nitrogens with zero attached hydrogens (tertiary/aromatic N) is 2. The van der Waals surface area contributed by atoms with Crippen LogP contribution in [0.15, 0.2) is 6.07 Å². The topological polar surface area (TPSA) is 63.8 Å². The highest BCUT2D eigenvalue weighted by Gasteiger charge is 1.98. The lowest BCUT2D eigenvalue weighted by Gasteiger charge is -2.03. The van der Waals surface area contributed by atoms with Crippen LogP contribution in [0.5, 0.6) is 0 Å². The maximum absolute atomic E-state index is 5.42. The Morgan fingerprint density at radius 1 is 1.50 bits per heavy atom. The van der Waals surface area contributed by atoms with Crippen LogP contribution in [0.3, 0.4) is 0 Å². The summed E-state index contributed by atoms with van der Waals surface area (Å²) in [5, 5.41) is 2.97. The van der Waals surface area contributed by atoms with Crippen molar-refractivity contribution < 1.29 is 0 Å². The second-order valence-corrected chi connectivity index (χ2v) is 2.58. The van der Waals surface area contributed by atoms with Crippen LogP contribution in [0.2, 0.25) is 0 Å². The summed E-state index contributed by atoms with van der Waals surface area (Å²) < 4.78 is 0. The van der Waals surface area contributed by atoms with Crippen molar-refractivity contribution in [2.24, 2.45) is 5.73 Å². The van der Waals surface area contributed by atoms with Crippen molar-refractivity contribution in [3.8, 4) is 0 Å². The van der Waals surface area contributed by atoms with Crippen molar-refractivity contribution in [3.05, 3.63) is 17.6 Å². The van der Waals surface area contributed by atoms with Gasteiger partial charge in [-0.05, 0) is 13.5 Å². The molecule has 1 heterocycles. The summed E-state index contributed by atoms with van der Waals surface area (Å²) in [4.78, 5) is 8.41. The van der Waals surface area contributed by atoms with Gasteiger partial charge in [0.25, 0.3) is 0 Å². The minimum atomic E-state index is 0.625. The molecule has 0 unspecified atom stereocenters. The molecule has 3 N–H and O–H groups in total. The highest BCUT2D eigenvalue weighted by atomic mass is 15.0. The Bertz CT molecular complexity index is 259. The summed E-state index contributed by atoms with van der Waals surface area (Å²) in [5.41, 5.74) is 6.42. The number of hydrogen-bond donors (Lipinski definition) is 2. The third kappa shape index (κ3) is 2.17. The van der Waals surface area contributed by atoms with Crippen LogP contribution in [-0.2, 0) is 6.42 Å². The van der Waals surface area contributed by atoms with Crippen molar-refractivity contribution in [3.63, 3.8) is 0 Å². The SMILES string of the molecule is CNc1cc(CCN)nc(C)n1. The zero-order valence-electron chi connectivity index (χ0n) is 7.46. The van der Waals surface area contributed by atoms with Crippen molar-refractivity contribution in [1.29, 1.82) is 0 Å². The van der Waals surface area contributed by atoms with Gasteiger partial charge in [0, 0.05) is 25.2 Å². The van der Waals surface area contributed by atoms with Crippen molar-refractivity contribution in [2.45, 2.75) is 13.3 Å². The fourth-order valence-corrected chi connectivity index (χ4v) is 1.03. The molecule has 0 radical (unpaired) electrons. The molecule has 1 aromatic heterocycles. The molecule has 0 fully saturated rings. The van der Waals surface area contributed by atoms with Gasteiger partial charge in [0.2, 0.25) is 0 Å². The summed E-state index contributed by atoms with van der Waals surface area (Å²) in [6, 6.07) is 1.92. The maximum Gasteiger partial charge on any atom is 0.129 e. The highest BCUT2D eigenvalue weighted by Crippen LogP contribution is 2.05. The molecule has 0 aliphatic heterocycles. The molecular formula is C8H14N4. The standard InChI is InChI=1S/C8H14N4/c1-6-11-7(3-4-9)5-8(10-2)12-6/h5H,3-4,9H2,1-2H3,(H,10,11,12). The van der Waals surface area contributed by atoms with E-state index in [2.05, 4.69) is 15.3 Å². The Balaban J connectivity index is 2.90. The number of aryl methyl sites for hydroxylation is 1. The zero-order valence-corrected chi connectivity index (χ0v) is 7.46. The fraction of sp³-hybridized carbons (Fsp3) is 0.500. The van der Waals surface area contributed by atoms with Gasteiger partial charge >= 0.3 is 0 Å². The fourth-order valence-electron chi connectivity index (χ4n) is 1.03. The van der Waals surface area contributed by atoms with Crippen LogP contribution in [0.1, 0.15) is 11.5 Å². The van der Waals surface area contributed by atoms with Crippen LogP contribution in [-0.4, -0.2) is 23.6 Å². The Hall–Kier alpha value is -1.16. The molecule has 4 heteroatoms. The second-order valence-electron chi connectivity index (χ2n) is 2.58. The summed E-state index contributed by atoms with van der Waals surface area (Å²) in [5.74, 6) is 1.64. The smallest absolute Gasteiger partial charge is 0.129 e. The zero-order chi connectivity index (χ0) is 8.97. The van der Waals surface area contributed by atoms with Gasteiger partial charge in [-0.25, -0.2) is 9.97 Å². The number of anilines is 1. The van der Waals surface area contributed by atoms with E-state index in [1.54, 1.807) is 0 Å². The molecule has 1 aromatic rings. The highest BCUT2D eigenvalue weighted by molar-refractivity contribution is 5.35. The van der Waals surface area contributed by atoms with E-state index >= 15 is 0 Å². The van der Waals surface area contributed by atoms with Gasteiger partial charge in [-0.15, -0.1) is 0 Å². The van der Waals surface area contributed by atoms with Gasteiger partial charge in [-0.3, -0.25) is 0 Å². The van der Waals surface area contributed by atoms with Crippen LogP contribution >= 0.6 is 0 Å². The molecule has 0 aliphatic rings. The van der Waals surface area contributed by atoms with E-state index in [0.29, 0.717) is 6.54 Å². The molecule has 0 saturated heterocycles. The minimum absolute atomic E-state index is 0.625. The maximum atomic E-state index is 5.42. The first-order chi connectivity index (χ1) is 5.76. The van der Waals surface area contributed by atoms with Gasteiger partial charge < -0.3 is 11.1 Å². The average molecular weight is 166 g/mol. The number of rotatable bonds is 3. The molecule has 0 aromatic carbocycles. The molecule has 1 rings (SSSR count). The molecule has 0 bridgehead atoms. The van der Waals surface area contributed by atoms with E-state index in [0.717, 1.165) is 23.8 Å². The van der Waals surface area contributed by atoms with Gasteiger partial charge in [0.05, 0.1) is 0 Å². The number of hydrogen-bond acceptors (Lipinski definition) is 4. The van der Waals surface area contributed by atoms with Crippen LogP contribution in [0.25, 0.3) is 0 Å². The second kappa shape index (κ2) is 4.01. The van der Waals surface area contributed by atoms with E-state index in [1.165, 1.54) is 0 Å². The molecule has 12 heavy (non-hydrogen) atoms. The number of aromatic nitrogens is 2. The van der Waals surface area contributed by atoms with E-state index in [4.69, 9.17) is 5.73 Å². The van der Waals surface area contributed by atoms with Crippen LogP contribution in [0.4, 0.5) is 5.82 Å². The molecule has 0 spiro atoms. The predicted octanol–water partition coefficient (Wildman–Crippen LogP) is 0.328. The van der Waals surface area contributed by atoms with Gasteiger partial charge in [0.15, 0.2) is 0 Å². The van der Waals surface area contributed by atoms with E-state index in [-0.39, 0.29) is 0 Å². The van der Waals surface area contributed by atoms with Gasteiger partial charge in [-0.2, -0.15) is 0 Å². The molecule has 66 valence electrons. The molecule has 0 amide bonds. The lowest BCUT2D eigenvalue weighted by atomic mass is 10.3. The first kappa shape index (κ1) is 8.93. The molecular weight excluding hydrogens is 152 g/mol. The van der Waals surface area contributed by atoms with Crippen molar-refractivity contribution >= 4 is 5.82 Å². The predicted molar refractivity (Wildman–Crippen MR) is 49.1 cm³/mol. The Morgan fingerprint density at radius 2 is 2.25 bits per heavy atom. The van der Waals surface area contributed by atoms with Crippen LogP contribution < -0.4 is 11.1 Å². The largest absolute Gasteiger partial charge is 0.373 e. The number of nitrogens with two attached hydrogens (primary N) is 1. The van der Waals surface area contributed by atoms with Gasteiger partial charge in [0.1, 0.15) is 11.6 Å². The molecule has 0 atom stereocenters. The third-order valence-electron chi connectivity index (χ3n) is 1.55. The molecule has 0 aliphatic carbocycles. The molecule has 0 saturated carbocycles. The normalized spacial score (nSPS) is 9.92. The molecule has 4 nitrogen and oxygen atoms in total. The summed E-state index contributed by atoms with van der Waals surface area (Å²) in [6.07, 6.45) is 0.804. The Morgan fingerprint density at radius 3 is 2.83 bits per heavy atom. The van der Waals surface area contributed by atoms with E-state index < -0.39 is 0 Å². The summed E-state index contributed by atoms with van der Waals surface area (Å²) in [7, 11) is 1.84. The van der Waals surface area contributed by atoms with Gasteiger partial charge in [-0.1, -0.05) is 0 Å². The average Bonchev–Trinajstić information content (AvgIpc) is 2.04. The number of nitrogens with one attached hydrogen (secondary N) is 1. The lowest BCUT2D eigenvalue weighted by molar-refractivity contribution is 0.889.